The second-order valence-corrected chi connectivity index (χ2v) is 5.96. The molecule has 2 aromatic rings. The summed E-state index contributed by atoms with van der Waals surface area (Å²) in [4.78, 5) is 22.9. The second kappa shape index (κ2) is 9.88. The lowest BCUT2D eigenvalue weighted by Crippen LogP contribution is -2.29. The van der Waals surface area contributed by atoms with E-state index in [1.54, 1.807) is 24.3 Å². The Morgan fingerprint density at radius 1 is 0.963 bits per heavy atom. The van der Waals surface area contributed by atoms with Crippen LogP contribution in [0.4, 0.5) is 16.2 Å². The van der Waals surface area contributed by atoms with Gasteiger partial charge in [0.15, 0.2) is 0 Å². The number of benzene rings is 2. The van der Waals surface area contributed by atoms with E-state index in [2.05, 4.69) is 27.8 Å². The minimum atomic E-state index is -0.309. The van der Waals surface area contributed by atoms with Crippen LogP contribution in [-0.4, -0.2) is 25.1 Å². The van der Waals surface area contributed by atoms with Crippen LogP contribution in [0.1, 0.15) is 18.1 Å². The molecule has 0 unspecified atom stereocenters. The van der Waals surface area contributed by atoms with E-state index in [0.29, 0.717) is 11.4 Å². The first-order valence-electron chi connectivity index (χ1n) is 8.52. The van der Waals surface area contributed by atoms with E-state index in [-0.39, 0.29) is 25.1 Å². The van der Waals surface area contributed by atoms with Crippen LogP contribution in [-0.2, 0) is 4.79 Å². The zero-order valence-electron chi connectivity index (χ0n) is 15.7. The zero-order chi connectivity index (χ0) is 19.6. The van der Waals surface area contributed by atoms with E-state index in [1.165, 1.54) is 12.5 Å². The molecule has 6 nitrogen and oxygen atoms in total. The lowest BCUT2D eigenvalue weighted by Gasteiger charge is -2.07. The van der Waals surface area contributed by atoms with Crippen LogP contribution in [0, 0.1) is 25.7 Å². The van der Waals surface area contributed by atoms with Gasteiger partial charge in [0.1, 0.15) is 12.4 Å². The molecule has 0 aliphatic heterocycles. The Morgan fingerprint density at radius 3 is 2.48 bits per heavy atom. The van der Waals surface area contributed by atoms with Crippen molar-refractivity contribution in [2.75, 3.05) is 23.8 Å². The van der Waals surface area contributed by atoms with Crippen LogP contribution in [0.15, 0.2) is 42.5 Å². The molecule has 2 rings (SSSR count). The molecule has 27 heavy (non-hydrogen) atoms. The Labute approximate surface area is 159 Å². The number of hydrogen-bond donors (Lipinski definition) is 3. The number of carbonyl (C=O) groups excluding carboxylic acids is 2. The molecule has 140 valence electrons. The average molecular weight is 365 g/mol. The number of nitrogens with one attached hydrogen (secondary N) is 3. The molecule has 0 saturated carbocycles. The highest BCUT2D eigenvalue weighted by Crippen LogP contribution is 2.17. The number of aryl methyl sites for hydroxylation is 2. The number of ether oxygens (including phenoxy) is 1. The van der Waals surface area contributed by atoms with Crippen molar-refractivity contribution in [3.8, 4) is 17.6 Å². The minimum absolute atomic E-state index is 0.142. The standard InChI is InChI=1S/C21H23N3O3/c1-15-9-10-19(13-16(15)2)24-21(26)22-11-4-5-12-27-20-8-6-7-18(14-20)23-17(3)25/h6-10,13-14H,11-12H2,1-3H3,(H,23,25)(H2,22,24,26). The van der Waals surface area contributed by atoms with Crippen LogP contribution < -0.4 is 20.7 Å². The SMILES string of the molecule is CC(=O)Nc1cccc(OCC#CCNC(=O)Nc2ccc(C)c(C)c2)c1. The van der Waals surface area contributed by atoms with Gasteiger partial charge in [0, 0.05) is 24.4 Å². The summed E-state index contributed by atoms with van der Waals surface area (Å²) in [5.74, 6) is 6.12. The molecule has 0 heterocycles. The molecule has 6 heteroatoms. The third-order valence-electron chi connectivity index (χ3n) is 3.69. The summed E-state index contributed by atoms with van der Waals surface area (Å²) in [5.41, 5.74) is 3.70. The van der Waals surface area contributed by atoms with Crippen molar-refractivity contribution in [1.29, 1.82) is 0 Å². The normalized spacial score (nSPS) is 9.59. The van der Waals surface area contributed by atoms with Crippen molar-refractivity contribution < 1.29 is 14.3 Å². The second-order valence-electron chi connectivity index (χ2n) is 5.96. The smallest absolute Gasteiger partial charge is 0.319 e. The maximum atomic E-state index is 11.8. The lowest BCUT2D eigenvalue weighted by molar-refractivity contribution is -0.114. The molecular formula is C21H23N3O3. The summed E-state index contributed by atoms with van der Waals surface area (Å²) in [5, 5.41) is 8.12. The molecule has 2 aromatic carbocycles. The molecule has 3 amide bonds. The van der Waals surface area contributed by atoms with Crippen LogP contribution in [0.3, 0.4) is 0 Å². The molecule has 0 saturated heterocycles. The van der Waals surface area contributed by atoms with Gasteiger partial charge < -0.3 is 20.7 Å². The molecule has 0 aromatic heterocycles. The summed E-state index contributed by atoms with van der Waals surface area (Å²) in [6.45, 7) is 5.86. The van der Waals surface area contributed by atoms with Gasteiger partial charge in [-0.25, -0.2) is 4.79 Å². The monoisotopic (exact) mass is 365 g/mol. The third-order valence-corrected chi connectivity index (χ3v) is 3.69. The predicted octanol–water partition coefficient (Wildman–Crippen LogP) is 3.47. The minimum Gasteiger partial charge on any atom is -0.481 e. The molecular weight excluding hydrogens is 342 g/mol. The van der Waals surface area contributed by atoms with Gasteiger partial charge in [0.05, 0.1) is 6.54 Å². The van der Waals surface area contributed by atoms with Gasteiger partial charge in [-0.05, 0) is 49.2 Å². The van der Waals surface area contributed by atoms with Gasteiger partial charge in [-0.2, -0.15) is 0 Å². The van der Waals surface area contributed by atoms with Gasteiger partial charge in [0.2, 0.25) is 5.91 Å². The number of hydrogen-bond acceptors (Lipinski definition) is 3. The quantitative estimate of drug-likeness (QED) is 0.710. The van der Waals surface area contributed by atoms with E-state index in [0.717, 1.165) is 11.3 Å². The molecule has 0 radical (unpaired) electrons. The highest BCUT2D eigenvalue weighted by Gasteiger charge is 2.01. The molecule has 3 N–H and O–H groups in total. The van der Waals surface area contributed by atoms with Crippen LogP contribution in [0.25, 0.3) is 0 Å². The maximum Gasteiger partial charge on any atom is 0.319 e. The average Bonchev–Trinajstić information content (AvgIpc) is 2.61. The van der Waals surface area contributed by atoms with Crippen molar-refractivity contribution >= 4 is 23.3 Å². The Morgan fingerprint density at radius 2 is 1.74 bits per heavy atom. The summed E-state index contributed by atoms with van der Waals surface area (Å²) < 4.78 is 5.50. The molecule has 0 aliphatic rings. The van der Waals surface area contributed by atoms with E-state index in [4.69, 9.17) is 4.74 Å². The van der Waals surface area contributed by atoms with Crippen molar-refractivity contribution in [3.05, 3.63) is 53.6 Å². The molecule has 0 spiro atoms. The van der Waals surface area contributed by atoms with E-state index in [1.807, 2.05) is 32.0 Å². The van der Waals surface area contributed by atoms with Crippen LogP contribution in [0.5, 0.6) is 5.75 Å². The van der Waals surface area contributed by atoms with Gasteiger partial charge >= 0.3 is 6.03 Å². The Hall–Kier alpha value is -3.46. The Bertz CT molecular complexity index is 882. The first-order valence-corrected chi connectivity index (χ1v) is 8.52. The summed E-state index contributed by atoms with van der Waals surface area (Å²) >= 11 is 0. The van der Waals surface area contributed by atoms with E-state index >= 15 is 0 Å². The molecule has 0 fully saturated rings. The number of urea groups is 1. The number of carbonyl (C=O) groups is 2. The molecule has 0 aliphatic carbocycles. The molecule has 0 atom stereocenters. The van der Waals surface area contributed by atoms with Gasteiger partial charge in [-0.3, -0.25) is 4.79 Å². The number of anilines is 2. The van der Waals surface area contributed by atoms with Gasteiger partial charge in [-0.15, -0.1) is 0 Å². The zero-order valence-corrected chi connectivity index (χ0v) is 15.7. The Balaban J connectivity index is 1.72. The van der Waals surface area contributed by atoms with Gasteiger partial charge in [0.25, 0.3) is 0 Å². The first-order chi connectivity index (χ1) is 12.9. The van der Waals surface area contributed by atoms with Gasteiger partial charge in [-0.1, -0.05) is 24.0 Å². The first kappa shape index (κ1) is 19.9. The highest BCUT2D eigenvalue weighted by atomic mass is 16.5. The fraction of sp³-hybridized carbons (Fsp3) is 0.238. The van der Waals surface area contributed by atoms with Crippen molar-refractivity contribution in [1.82, 2.24) is 5.32 Å². The Kier molecular flexibility index (Phi) is 7.26. The predicted molar refractivity (Wildman–Crippen MR) is 107 cm³/mol. The van der Waals surface area contributed by atoms with E-state index in [9.17, 15) is 9.59 Å². The van der Waals surface area contributed by atoms with Crippen molar-refractivity contribution in [2.45, 2.75) is 20.8 Å². The lowest BCUT2D eigenvalue weighted by atomic mass is 10.1. The third kappa shape index (κ3) is 7.12. The largest absolute Gasteiger partial charge is 0.481 e. The van der Waals surface area contributed by atoms with Crippen LogP contribution in [0.2, 0.25) is 0 Å². The number of amides is 3. The van der Waals surface area contributed by atoms with Crippen molar-refractivity contribution in [2.24, 2.45) is 0 Å². The molecule has 0 bridgehead atoms. The topological polar surface area (TPSA) is 79.5 Å². The van der Waals surface area contributed by atoms with E-state index < -0.39 is 0 Å². The summed E-state index contributed by atoms with van der Waals surface area (Å²) in [7, 11) is 0. The maximum absolute atomic E-state index is 11.8. The fourth-order valence-electron chi connectivity index (χ4n) is 2.22. The van der Waals surface area contributed by atoms with Crippen LogP contribution >= 0.6 is 0 Å². The van der Waals surface area contributed by atoms with Crippen molar-refractivity contribution in [3.63, 3.8) is 0 Å². The number of rotatable bonds is 5. The summed E-state index contributed by atoms with van der Waals surface area (Å²) in [6, 6.07) is 12.5. The summed E-state index contributed by atoms with van der Waals surface area (Å²) in [6.07, 6.45) is 0. The highest BCUT2D eigenvalue weighted by molar-refractivity contribution is 5.89. The fourth-order valence-corrected chi connectivity index (χ4v) is 2.22.